The molecule has 4 heterocycles. The van der Waals surface area contributed by atoms with Gasteiger partial charge in [-0.05, 0) is 53.4 Å². The Balaban J connectivity index is 1.43. The molecule has 3 aromatic carbocycles. The van der Waals surface area contributed by atoms with Crippen molar-refractivity contribution in [2.75, 3.05) is 13.1 Å². The third kappa shape index (κ3) is 5.01. The van der Waals surface area contributed by atoms with Crippen LogP contribution in [0.15, 0.2) is 97.7 Å². The Bertz CT molecular complexity index is 1420. The zero-order valence-corrected chi connectivity index (χ0v) is 23.0. The Labute approximate surface area is 235 Å². The van der Waals surface area contributed by atoms with Crippen LogP contribution >= 0.6 is 23.2 Å². The maximum Gasteiger partial charge on any atom is 0.135 e. The fourth-order valence-electron chi connectivity index (χ4n) is 6.86. The molecule has 0 spiro atoms. The van der Waals surface area contributed by atoms with E-state index in [1.807, 2.05) is 30.5 Å². The largest absolute Gasteiger partial charge is 0.363 e. The van der Waals surface area contributed by atoms with Crippen molar-refractivity contribution in [1.29, 1.82) is 0 Å². The van der Waals surface area contributed by atoms with Gasteiger partial charge >= 0.3 is 0 Å². The highest BCUT2D eigenvalue weighted by Gasteiger charge is 2.54. The SMILES string of the molecule is C=C[C@H]1C[N+]2(Cc3ccc(Cl)cc3)CC[C@H]1C[C@H]2[C@H](OCc1ccc(Cl)cc1)c1ccnc2ccccc12. The summed E-state index contributed by atoms with van der Waals surface area (Å²) in [6.45, 7) is 7.95. The van der Waals surface area contributed by atoms with Crippen molar-refractivity contribution in [1.82, 2.24) is 4.98 Å². The lowest BCUT2D eigenvalue weighted by molar-refractivity contribution is -0.985. The van der Waals surface area contributed by atoms with E-state index >= 15 is 0 Å². The number of para-hydroxylation sites is 1. The van der Waals surface area contributed by atoms with Crippen LogP contribution in [0.1, 0.15) is 35.6 Å². The molecule has 5 heteroatoms. The van der Waals surface area contributed by atoms with Gasteiger partial charge in [-0.25, -0.2) is 0 Å². The summed E-state index contributed by atoms with van der Waals surface area (Å²) in [5.41, 5.74) is 4.68. The van der Waals surface area contributed by atoms with Gasteiger partial charge in [0.1, 0.15) is 18.7 Å². The maximum absolute atomic E-state index is 6.97. The van der Waals surface area contributed by atoms with Gasteiger partial charge in [0.2, 0.25) is 0 Å². The molecule has 2 bridgehead atoms. The average Bonchev–Trinajstić information content (AvgIpc) is 2.96. The lowest BCUT2D eigenvalue weighted by Crippen LogP contribution is -2.67. The molecule has 0 aliphatic carbocycles. The van der Waals surface area contributed by atoms with Crippen molar-refractivity contribution >= 4 is 34.1 Å². The average molecular weight is 545 g/mol. The number of pyridine rings is 1. The lowest BCUT2D eigenvalue weighted by atomic mass is 9.71. The van der Waals surface area contributed by atoms with Gasteiger partial charge in [0.15, 0.2) is 0 Å². The van der Waals surface area contributed by atoms with E-state index < -0.39 is 0 Å². The Morgan fingerprint density at radius 3 is 2.39 bits per heavy atom. The third-order valence-electron chi connectivity index (χ3n) is 8.77. The molecule has 3 nitrogen and oxygen atoms in total. The second kappa shape index (κ2) is 10.8. The Kier molecular flexibility index (Phi) is 7.29. The van der Waals surface area contributed by atoms with Crippen molar-refractivity contribution in [2.24, 2.45) is 11.8 Å². The van der Waals surface area contributed by atoms with Crippen molar-refractivity contribution in [3.05, 3.63) is 124 Å². The number of nitrogens with zero attached hydrogens (tertiary/aromatic N) is 2. The van der Waals surface area contributed by atoms with Crippen LogP contribution in [0.2, 0.25) is 10.0 Å². The highest BCUT2D eigenvalue weighted by Crippen LogP contribution is 2.49. The summed E-state index contributed by atoms with van der Waals surface area (Å²) in [6.07, 6.45) is 6.40. The molecule has 194 valence electrons. The molecule has 4 aromatic rings. The minimum Gasteiger partial charge on any atom is -0.363 e. The van der Waals surface area contributed by atoms with E-state index in [9.17, 15) is 0 Å². The van der Waals surface area contributed by atoms with Crippen LogP contribution in [0.4, 0.5) is 0 Å². The van der Waals surface area contributed by atoms with E-state index in [0.717, 1.165) is 51.7 Å². The molecule has 1 unspecified atom stereocenters. The monoisotopic (exact) mass is 543 g/mol. The smallest absolute Gasteiger partial charge is 0.135 e. The maximum atomic E-state index is 6.97. The first-order chi connectivity index (χ1) is 18.5. The number of hydrogen-bond acceptors (Lipinski definition) is 2. The second-order valence-electron chi connectivity index (χ2n) is 10.9. The summed E-state index contributed by atoms with van der Waals surface area (Å²) in [5.74, 6) is 1.16. The highest BCUT2D eigenvalue weighted by molar-refractivity contribution is 6.30. The van der Waals surface area contributed by atoms with E-state index in [2.05, 4.69) is 72.2 Å². The fraction of sp³-hybridized carbons (Fsp3) is 0.303. The zero-order valence-electron chi connectivity index (χ0n) is 21.5. The second-order valence-corrected chi connectivity index (χ2v) is 11.8. The van der Waals surface area contributed by atoms with Crippen LogP contribution in [0, 0.1) is 11.8 Å². The molecule has 3 aliphatic rings. The van der Waals surface area contributed by atoms with Crippen LogP contribution in [-0.4, -0.2) is 28.6 Å². The minimum absolute atomic E-state index is 0.0700. The molecule has 7 rings (SSSR count). The normalized spacial score (nSPS) is 25.4. The summed E-state index contributed by atoms with van der Waals surface area (Å²) < 4.78 is 7.97. The van der Waals surface area contributed by atoms with Crippen LogP contribution in [-0.2, 0) is 17.9 Å². The number of rotatable bonds is 8. The van der Waals surface area contributed by atoms with Gasteiger partial charge in [0.05, 0.1) is 25.2 Å². The molecule has 0 amide bonds. The molecule has 1 aromatic heterocycles. The standard InChI is InChI=1S/C33H33Cl2N2O/c1-2-25-21-37(20-23-7-11-27(34)12-8-23)18-16-26(25)19-32(37)33(38-22-24-9-13-28(35)14-10-24)30-15-17-36-31-6-4-3-5-29(30)31/h2-15,17,25-26,32-33H,1,16,18-22H2/q+1/t25-,26-,32-,33+,37?/m0/s1. The molecule has 0 saturated carbocycles. The lowest BCUT2D eigenvalue weighted by Gasteiger charge is -2.58. The molecule has 3 fully saturated rings. The van der Waals surface area contributed by atoms with Crippen LogP contribution in [0.5, 0.6) is 0 Å². The number of benzene rings is 3. The number of ether oxygens (including phenoxy) is 1. The van der Waals surface area contributed by atoms with Gasteiger partial charge in [-0.3, -0.25) is 4.98 Å². The fourth-order valence-corrected chi connectivity index (χ4v) is 7.11. The Morgan fingerprint density at radius 2 is 1.66 bits per heavy atom. The summed E-state index contributed by atoms with van der Waals surface area (Å²) in [5, 5.41) is 2.69. The van der Waals surface area contributed by atoms with Crippen LogP contribution in [0.25, 0.3) is 10.9 Å². The molecule has 0 radical (unpaired) electrons. The molecule has 38 heavy (non-hydrogen) atoms. The van der Waals surface area contributed by atoms with Crippen molar-refractivity contribution < 1.29 is 9.22 Å². The Hall–Kier alpha value is -2.69. The quantitative estimate of drug-likeness (QED) is 0.164. The molecule has 3 saturated heterocycles. The third-order valence-corrected chi connectivity index (χ3v) is 9.27. The van der Waals surface area contributed by atoms with Crippen LogP contribution < -0.4 is 0 Å². The predicted octanol–water partition coefficient (Wildman–Crippen LogP) is 8.41. The van der Waals surface area contributed by atoms with Gasteiger partial charge in [0.25, 0.3) is 0 Å². The number of quaternary nitrogens is 1. The zero-order chi connectivity index (χ0) is 26.1. The number of aromatic nitrogens is 1. The summed E-state index contributed by atoms with van der Waals surface area (Å²) in [4.78, 5) is 4.66. The first-order valence-corrected chi connectivity index (χ1v) is 14.2. The van der Waals surface area contributed by atoms with Gasteiger partial charge in [-0.2, -0.15) is 0 Å². The van der Waals surface area contributed by atoms with Crippen molar-refractivity contribution in [3.8, 4) is 0 Å². The number of hydrogen-bond donors (Lipinski definition) is 0. The number of halogens is 2. The molecular weight excluding hydrogens is 511 g/mol. The summed E-state index contributed by atoms with van der Waals surface area (Å²) in [7, 11) is 0. The van der Waals surface area contributed by atoms with Gasteiger partial charge in [0, 0.05) is 46.0 Å². The first-order valence-electron chi connectivity index (χ1n) is 13.5. The van der Waals surface area contributed by atoms with Crippen molar-refractivity contribution in [3.63, 3.8) is 0 Å². The number of piperidine rings is 3. The minimum atomic E-state index is -0.0700. The van der Waals surface area contributed by atoms with E-state index in [4.69, 9.17) is 27.9 Å². The van der Waals surface area contributed by atoms with E-state index in [1.165, 1.54) is 22.9 Å². The summed E-state index contributed by atoms with van der Waals surface area (Å²) >= 11 is 12.4. The molecular formula is C33H33Cl2N2O+. The van der Waals surface area contributed by atoms with E-state index in [-0.39, 0.29) is 6.10 Å². The van der Waals surface area contributed by atoms with E-state index in [0.29, 0.717) is 24.5 Å². The molecule has 0 N–H and O–H groups in total. The molecule has 3 aliphatic heterocycles. The summed E-state index contributed by atoms with van der Waals surface area (Å²) in [6, 6.07) is 27.3. The number of fused-ring (bicyclic) bond motifs is 4. The Morgan fingerprint density at radius 1 is 0.947 bits per heavy atom. The molecule has 5 atom stereocenters. The first kappa shape index (κ1) is 25.6. The van der Waals surface area contributed by atoms with Gasteiger partial charge in [-0.15, -0.1) is 6.58 Å². The van der Waals surface area contributed by atoms with E-state index in [1.54, 1.807) is 0 Å². The topological polar surface area (TPSA) is 22.1 Å². The van der Waals surface area contributed by atoms with Crippen molar-refractivity contribution in [2.45, 2.75) is 38.1 Å². The van der Waals surface area contributed by atoms with Crippen LogP contribution in [0.3, 0.4) is 0 Å². The van der Waals surface area contributed by atoms with Gasteiger partial charge in [-0.1, -0.05) is 71.7 Å². The predicted molar refractivity (Wildman–Crippen MR) is 156 cm³/mol. The highest BCUT2D eigenvalue weighted by atomic mass is 35.5. The van der Waals surface area contributed by atoms with Gasteiger partial charge < -0.3 is 9.22 Å².